The average Bonchev–Trinajstić information content (AvgIpc) is 2.49. The monoisotopic (exact) mass is 330 g/mol. The lowest BCUT2D eigenvalue weighted by Crippen LogP contribution is -2.44. The van der Waals surface area contributed by atoms with Crippen molar-refractivity contribution in [3.63, 3.8) is 0 Å². The molecule has 1 aromatic carbocycles. The van der Waals surface area contributed by atoms with E-state index in [2.05, 4.69) is 0 Å². The molecule has 1 heterocycles. The molecule has 1 aliphatic heterocycles. The topological polar surface area (TPSA) is 80.5 Å². The summed E-state index contributed by atoms with van der Waals surface area (Å²) in [6, 6.07) is 4.26. The Hall–Kier alpha value is -1.27. The van der Waals surface area contributed by atoms with Gasteiger partial charge in [0.2, 0.25) is 5.91 Å². The molecule has 1 saturated heterocycles. The number of hydrogen-bond donors (Lipinski definition) is 1. The van der Waals surface area contributed by atoms with E-state index in [0.717, 1.165) is 19.3 Å². The zero-order chi connectivity index (χ0) is 15.6. The normalized spacial score (nSPS) is 17.5. The molecule has 7 heteroatoms. The summed E-state index contributed by atoms with van der Waals surface area (Å²) in [6.45, 7) is 2.64. The smallest absolute Gasteiger partial charge is 0.241 e. The lowest BCUT2D eigenvalue weighted by atomic mass is 10.1. The molecule has 116 valence electrons. The first-order valence-electron chi connectivity index (χ1n) is 6.92. The van der Waals surface area contributed by atoms with Crippen molar-refractivity contribution in [1.82, 2.24) is 4.90 Å². The summed E-state index contributed by atoms with van der Waals surface area (Å²) in [6.07, 6.45) is 2.90. The van der Waals surface area contributed by atoms with Crippen molar-refractivity contribution >= 4 is 33.0 Å². The highest BCUT2D eigenvalue weighted by Crippen LogP contribution is 2.28. The van der Waals surface area contributed by atoms with Crippen LogP contribution in [0.4, 0.5) is 5.69 Å². The molecule has 1 aromatic rings. The van der Waals surface area contributed by atoms with Gasteiger partial charge in [-0.25, -0.2) is 8.42 Å². The number of piperidine rings is 1. The first kappa shape index (κ1) is 16.1. The summed E-state index contributed by atoms with van der Waals surface area (Å²) < 4.78 is 25.2. The van der Waals surface area contributed by atoms with Gasteiger partial charge >= 0.3 is 0 Å². The van der Waals surface area contributed by atoms with E-state index >= 15 is 0 Å². The molecule has 1 aliphatic rings. The van der Waals surface area contributed by atoms with E-state index < -0.39 is 15.1 Å². The van der Waals surface area contributed by atoms with Crippen LogP contribution < -0.4 is 5.73 Å². The number of rotatable bonds is 3. The number of nitrogens with two attached hydrogens (primary N) is 1. The lowest BCUT2D eigenvalue weighted by Gasteiger charge is -2.29. The van der Waals surface area contributed by atoms with Gasteiger partial charge in [-0.2, -0.15) is 0 Å². The predicted molar refractivity (Wildman–Crippen MR) is 82.9 cm³/mol. The Morgan fingerprint density at radius 1 is 1.29 bits per heavy atom. The molecule has 0 aromatic heterocycles. The van der Waals surface area contributed by atoms with E-state index in [4.69, 9.17) is 17.3 Å². The minimum absolute atomic E-state index is 0.0815. The van der Waals surface area contributed by atoms with Gasteiger partial charge in [-0.3, -0.25) is 4.79 Å². The number of sulfone groups is 1. The molecule has 21 heavy (non-hydrogen) atoms. The van der Waals surface area contributed by atoms with Crippen molar-refractivity contribution in [2.45, 2.75) is 36.3 Å². The Labute approximate surface area is 130 Å². The molecule has 0 saturated carbocycles. The lowest BCUT2D eigenvalue weighted by molar-refractivity contribution is -0.131. The summed E-state index contributed by atoms with van der Waals surface area (Å²) in [5.41, 5.74) is 5.93. The number of nitrogens with zero attached hydrogens (tertiary/aromatic N) is 1. The highest BCUT2D eigenvalue weighted by Gasteiger charge is 2.34. The van der Waals surface area contributed by atoms with Crippen LogP contribution in [0.3, 0.4) is 0 Å². The third-order valence-corrected chi connectivity index (χ3v) is 6.27. The molecule has 2 rings (SSSR count). The second-order valence-corrected chi connectivity index (χ2v) is 7.91. The van der Waals surface area contributed by atoms with Crippen LogP contribution in [0.15, 0.2) is 23.1 Å². The third-order valence-electron chi connectivity index (χ3n) is 3.74. The summed E-state index contributed by atoms with van der Waals surface area (Å²) in [5.74, 6) is -0.367. The summed E-state index contributed by atoms with van der Waals surface area (Å²) in [5, 5.41) is -1.07. The Kier molecular flexibility index (Phi) is 4.78. The van der Waals surface area contributed by atoms with Crippen LogP contribution in [0.25, 0.3) is 0 Å². The standard InChI is InChI=1S/C14H19ClN2O3S/c1-10(14(18)17-7-3-2-4-8-17)21(19,20)13-9-11(16)5-6-12(13)15/h5-6,9-10H,2-4,7-8,16H2,1H3. The second kappa shape index (κ2) is 6.23. The second-order valence-electron chi connectivity index (χ2n) is 5.26. The largest absolute Gasteiger partial charge is 0.399 e. The first-order valence-corrected chi connectivity index (χ1v) is 8.84. The van der Waals surface area contributed by atoms with Gasteiger partial charge in [0.1, 0.15) is 5.25 Å². The maximum absolute atomic E-state index is 12.6. The zero-order valence-electron chi connectivity index (χ0n) is 11.9. The van der Waals surface area contributed by atoms with E-state index in [1.807, 2.05) is 0 Å². The molecule has 0 bridgehead atoms. The van der Waals surface area contributed by atoms with Gasteiger partial charge in [-0.15, -0.1) is 0 Å². The minimum atomic E-state index is -3.84. The first-order chi connectivity index (χ1) is 9.84. The van der Waals surface area contributed by atoms with Crippen molar-refractivity contribution in [3.8, 4) is 0 Å². The number of carbonyl (C=O) groups excluding carboxylic acids is 1. The Morgan fingerprint density at radius 2 is 1.90 bits per heavy atom. The van der Waals surface area contributed by atoms with Crippen molar-refractivity contribution in [2.75, 3.05) is 18.8 Å². The molecule has 1 fully saturated rings. The SMILES string of the molecule is CC(C(=O)N1CCCCC1)S(=O)(=O)c1cc(N)ccc1Cl. The van der Waals surface area contributed by atoms with Gasteiger partial charge in [0.25, 0.3) is 0 Å². The van der Waals surface area contributed by atoms with E-state index in [-0.39, 0.29) is 15.8 Å². The number of hydrogen-bond acceptors (Lipinski definition) is 4. The quantitative estimate of drug-likeness (QED) is 0.860. The number of amides is 1. The van der Waals surface area contributed by atoms with Crippen LogP contribution in [-0.2, 0) is 14.6 Å². The number of anilines is 1. The van der Waals surface area contributed by atoms with E-state index in [1.165, 1.54) is 25.1 Å². The van der Waals surface area contributed by atoms with E-state index in [0.29, 0.717) is 18.8 Å². The summed E-state index contributed by atoms with van der Waals surface area (Å²) in [4.78, 5) is 13.9. The fourth-order valence-corrected chi connectivity index (χ4v) is 4.31. The average molecular weight is 331 g/mol. The number of halogens is 1. The predicted octanol–water partition coefficient (Wildman–Crippen LogP) is 2.10. The van der Waals surface area contributed by atoms with Crippen molar-refractivity contribution in [1.29, 1.82) is 0 Å². The zero-order valence-corrected chi connectivity index (χ0v) is 13.5. The fraction of sp³-hybridized carbons (Fsp3) is 0.500. The third kappa shape index (κ3) is 3.32. The molecule has 2 N–H and O–H groups in total. The molecular formula is C14H19ClN2O3S. The number of carbonyl (C=O) groups is 1. The molecular weight excluding hydrogens is 312 g/mol. The van der Waals surface area contributed by atoms with Gasteiger partial charge in [-0.1, -0.05) is 11.6 Å². The van der Waals surface area contributed by atoms with Crippen LogP contribution in [0.5, 0.6) is 0 Å². The minimum Gasteiger partial charge on any atom is -0.399 e. The van der Waals surface area contributed by atoms with Gasteiger partial charge in [-0.05, 0) is 44.4 Å². The van der Waals surface area contributed by atoms with Crippen molar-refractivity contribution in [3.05, 3.63) is 23.2 Å². The highest BCUT2D eigenvalue weighted by atomic mass is 35.5. The van der Waals surface area contributed by atoms with Crippen LogP contribution >= 0.6 is 11.6 Å². The van der Waals surface area contributed by atoms with E-state index in [1.54, 1.807) is 4.90 Å². The van der Waals surface area contributed by atoms with Crippen LogP contribution in [0.1, 0.15) is 26.2 Å². The van der Waals surface area contributed by atoms with Gasteiger partial charge in [0, 0.05) is 18.8 Å². The van der Waals surface area contributed by atoms with Crippen LogP contribution in [-0.4, -0.2) is 37.6 Å². The summed E-state index contributed by atoms with van der Waals surface area (Å²) >= 11 is 5.96. The van der Waals surface area contributed by atoms with Crippen LogP contribution in [0, 0.1) is 0 Å². The Bertz CT molecular complexity index is 640. The van der Waals surface area contributed by atoms with Gasteiger partial charge in [0.05, 0.1) is 9.92 Å². The van der Waals surface area contributed by atoms with Crippen molar-refractivity contribution < 1.29 is 13.2 Å². The van der Waals surface area contributed by atoms with E-state index in [9.17, 15) is 13.2 Å². The molecule has 0 aliphatic carbocycles. The summed E-state index contributed by atoms with van der Waals surface area (Å²) in [7, 11) is -3.84. The molecule has 5 nitrogen and oxygen atoms in total. The fourth-order valence-electron chi connectivity index (χ4n) is 2.43. The molecule has 1 unspecified atom stereocenters. The number of benzene rings is 1. The van der Waals surface area contributed by atoms with Gasteiger partial charge in [0.15, 0.2) is 9.84 Å². The van der Waals surface area contributed by atoms with Gasteiger partial charge < -0.3 is 10.6 Å². The number of likely N-dealkylation sites (tertiary alicyclic amines) is 1. The molecule has 0 radical (unpaired) electrons. The maximum atomic E-state index is 12.6. The highest BCUT2D eigenvalue weighted by molar-refractivity contribution is 7.92. The Morgan fingerprint density at radius 3 is 2.52 bits per heavy atom. The van der Waals surface area contributed by atoms with Crippen molar-refractivity contribution in [2.24, 2.45) is 0 Å². The molecule has 1 atom stereocenters. The molecule has 0 spiro atoms. The van der Waals surface area contributed by atoms with Crippen LogP contribution in [0.2, 0.25) is 5.02 Å². The molecule has 1 amide bonds. The number of nitrogen functional groups attached to an aromatic ring is 1. The Balaban J connectivity index is 2.29. The maximum Gasteiger partial charge on any atom is 0.241 e.